The van der Waals surface area contributed by atoms with E-state index in [2.05, 4.69) is 5.32 Å². The Hall–Kier alpha value is -1.92. The first-order valence-corrected chi connectivity index (χ1v) is 7.33. The lowest BCUT2D eigenvalue weighted by Crippen LogP contribution is -2.55. The second-order valence-corrected chi connectivity index (χ2v) is 5.41. The van der Waals surface area contributed by atoms with E-state index in [9.17, 15) is 9.59 Å². The van der Waals surface area contributed by atoms with Gasteiger partial charge in [0.05, 0.1) is 6.61 Å². The highest BCUT2D eigenvalue weighted by Gasteiger charge is 2.42. The second kappa shape index (κ2) is 7.38. The van der Waals surface area contributed by atoms with Crippen LogP contribution in [0.3, 0.4) is 0 Å². The third-order valence-electron chi connectivity index (χ3n) is 3.79. The zero-order valence-electron chi connectivity index (χ0n) is 12.6. The van der Waals surface area contributed by atoms with E-state index in [1.54, 1.807) is 0 Å². The minimum Gasteiger partial charge on any atom is -0.480 e. The number of carboxylic acids is 1. The average molecular weight is 307 g/mol. The van der Waals surface area contributed by atoms with Gasteiger partial charge in [-0.05, 0) is 12.5 Å². The molecule has 2 rings (SSSR count). The van der Waals surface area contributed by atoms with Gasteiger partial charge in [0.2, 0.25) is 0 Å². The predicted octanol–water partition coefficient (Wildman–Crippen LogP) is 1.34. The Balaban J connectivity index is 2.06. The Labute approximate surface area is 129 Å². The average Bonchev–Trinajstić information content (AvgIpc) is 2.54. The van der Waals surface area contributed by atoms with Crippen molar-refractivity contribution in [1.82, 2.24) is 5.32 Å². The monoisotopic (exact) mass is 307 g/mol. The summed E-state index contributed by atoms with van der Waals surface area (Å²) in [7, 11) is 0. The van der Waals surface area contributed by atoms with Gasteiger partial charge in [-0.3, -0.25) is 9.59 Å². The summed E-state index contributed by atoms with van der Waals surface area (Å²) < 4.78 is 11.2. The lowest BCUT2D eigenvalue weighted by molar-refractivity contribution is -0.165. The van der Waals surface area contributed by atoms with E-state index >= 15 is 0 Å². The number of hydrogen-bond acceptors (Lipinski definition) is 4. The van der Waals surface area contributed by atoms with Gasteiger partial charge in [0.25, 0.3) is 5.91 Å². The number of nitrogens with one attached hydrogen (secondary N) is 1. The fraction of sp³-hybridized carbons (Fsp3) is 0.500. The Morgan fingerprint density at radius 1 is 1.32 bits per heavy atom. The molecule has 120 valence electrons. The molecular formula is C16H21NO5. The summed E-state index contributed by atoms with van der Waals surface area (Å²) in [6.07, 6.45) is 0.829. The normalized spacial score (nSPS) is 18.4. The number of ether oxygens (including phenoxy) is 2. The molecule has 1 aliphatic rings. The van der Waals surface area contributed by atoms with Gasteiger partial charge in [-0.25, -0.2) is 0 Å². The first-order chi connectivity index (χ1) is 10.5. The number of rotatable bonds is 6. The summed E-state index contributed by atoms with van der Waals surface area (Å²) in [4.78, 5) is 23.4. The molecule has 0 aromatic heterocycles. The van der Waals surface area contributed by atoms with Crippen molar-refractivity contribution in [3.05, 3.63) is 35.9 Å². The molecule has 1 unspecified atom stereocenters. The molecule has 0 bridgehead atoms. The summed E-state index contributed by atoms with van der Waals surface area (Å²) in [5, 5.41) is 11.4. The van der Waals surface area contributed by atoms with Gasteiger partial charge in [-0.15, -0.1) is 0 Å². The van der Waals surface area contributed by atoms with Crippen LogP contribution in [-0.4, -0.2) is 41.8 Å². The van der Waals surface area contributed by atoms with Crippen LogP contribution in [0.4, 0.5) is 0 Å². The molecule has 6 heteroatoms. The smallest absolute Gasteiger partial charge is 0.325 e. The molecule has 1 aromatic carbocycles. The maximum absolute atomic E-state index is 12.5. The number of carbonyl (C=O) groups excluding carboxylic acids is 1. The lowest BCUT2D eigenvalue weighted by atomic mass is 9.92. The van der Waals surface area contributed by atoms with Gasteiger partial charge in [0, 0.05) is 26.1 Å². The molecular weight excluding hydrogens is 286 g/mol. The Bertz CT molecular complexity index is 511. The van der Waals surface area contributed by atoms with Crippen molar-refractivity contribution in [3.8, 4) is 0 Å². The van der Waals surface area contributed by atoms with Crippen molar-refractivity contribution >= 4 is 11.9 Å². The maximum atomic E-state index is 12.5. The van der Waals surface area contributed by atoms with Crippen molar-refractivity contribution in [2.75, 3.05) is 13.2 Å². The number of aliphatic carboxylic acids is 1. The summed E-state index contributed by atoms with van der Waals surface area (Å²) in [5.41, 5.74) is -0.0647. The van der Waals surface area contributed by atoms with Crippen molar-refractivity contribution in [2.24, 2.45) is 0 Å². The molecule has 6 nitrogen and oxygen atoms in total. The summed E-state index contributed by atoms with van der Waals surface area (Å²) in [6, 6.07) is 8.61. The maximum Gasteiger partial charge on any atom is 0.325 e. The van der Waals surface area contributed by atoms with Crippen LogP contribution in [0.1, 0.15) is 25.3 Å². The van der Waals surface area contributed by atoms with E-state index in [1.165, 1.54) is 6.92 Å². The molecule has 1 atom stereocenters. The molecule has 2 N–H and O–H groups in total. The molecule has 1 aliphatic heterocycles. The third kappa shape index (κ3) is 4.05. The zero-order valence-corrected chi connectivity index (χ0v) is 12.6. The fourth-order valence-electron chi connectivity index (χ4n) is 2.32. The summed E-state index contributed by atoms with van der Waals surface area (Å²) >= 11 is 0. The highest BCUT2D eigenvalue weighted by Crippen LogP contribution is 2.27. The molecule has 0 saturated carbocycles. The molecule has 1 heterocycles. The Morgan fingerprint density at radius 2 is 1.95 bits per heavy atom. The Morgan fingerprint density at radius 3 is 2.55 bits per heavy atom. The van der Waals surface area contributed by atoms with Gasteiger partial charge < -0.3 is 19.9 Å². The van der Waals surface area contributed by atoms with Crippen molar-refractivity contribution < 1.29 is 24.2 Å². The number of hydrogen-bond donors (Lipinski definition) is 2. The van der Waals surface area contributed by atoms with Gasteiger partial charge in [-0.2, -0.15) is 0 Å². The fourth-order valence-corrected chi connectivity index (χ4v) is 2.32. The van der Waals surface area contributed by atoms with Crippen molar-refractivity contribution in [3.63, 3.8) is 0 Å². The topological polar surface area (TPSA) is 84.9 Å². The molecule has 1 fully saturated rings. The van der Waals surface area contributed by atoms with Crippen LogP contribution in [0.15, 0.2) is 30.3 Å². The van der Waals surface area contributed by atoms with Crippen LogP contribution >= 0.6 is 0 Å². The van der Waals surface area contributed by atoms with Crippen LogP contribution in [0.5, 0.6) is 0 Å². The van der Waals surface area contributed by atoms with E-state index in [-0.39, 0.29) is 5.91 Å². The van der Waals surface area contributed by atoms with E-state index in [4.69, 9.17) is 14.6 Å². The van der Waals surface area contributed by atoms with E-state index in [0.29, 0.717) is 32.7 Å². The Kier molecular flexibility index (Phi) is 5.51. The zero-order chi connectivity index (χ0) is 16.0. The second-order valence-electron chi connectivity index (χ2n) is 5.41. The van der Waals surface area contributed by atoms with Crippen LogP contribution < -0.4 is 5.32 Å². The van der Waals surface area contributed by atoms with Gasteiger partial charge in [0.15, 0.2) is 5.60 Å². The van der Waals surface area contributed by atoms with Crippen molar-refractivity contribution in [2.45, 2.75) is 38.0 Å². The molecule has 0 spiro atoms. The highest BCUT2D eigenvalue weighted by atomic mass is 16.5. The summed E-state index contributed by atoms with van der Waals surface area (Å²) in [6.45, 7) is 2.58. The van der Waals surface area contributed by atoms with Crippen LogP contribution in [-0.2, 0) is 25.7 Å². The van der Waals surface area contributed by atoms with Crippen LogP contribution in [0.25, 0.3) is 0 Å². The first-order valence-electron chi connectivity index (χ1n) is 7.33. The molecule has 22 heavy (non-hydrogen) atoms. The van der Waals surface area contributed by atoms with E-state index in [1.807, 2.05) is 30.3 Å². The largest absolute Gasteiger partial charge is 0.480 e. The van der Waals surface area contributed by atoms with Gasteiger partial charge >= 0.3 is 5.97 Å². The van der Waals surface area contributed by atoms with Crippen LogP contribution in [0.2, 0.25) is 0 Å². The molecule has 0 radical (unpaired) electrons. The minimum atomic E-state index is -1.07. The molecule has 1 amide bonds. The van der Waals surface area contributed by atoms with Gasteiger partial charge in [-0.1, -0.05) is 30.3 Å². The standard InChI is InChI=1S/C16H21NO5/c1-12(14(18)19)17-15(20)16(7-9-21-10-8-16)22-11-13-5-3-2-4-6-13/h2-6,12H,7-11H2,1H3,(H,17,20)(H,18,19). The summed E-state index contributed by atoms with van der Waals surface area (Å²) in [5.74, 6) is -1.46. The minimum absolute atomic E-state index is 0.301. The number of carbonyl (C=O) groups is 2. The van der Waals surface area contributed by atoms with Crippen molar-refractivity contribution in [1.29, 1.82) is 0 Å². The quantitative estimate of drug-likeness (QED) is 0.828. The van der Waals surface area contributed by atoms with E-state index < -0.39 is 17.6 Å². The molecule has 1 saturated heterocycles. The van der Waals surface area contributed by atoms with Crippen LogP contribution in [0, 0.1) is 0 Å². The lowest BCUT2D eigenvalue weighted by Gasteiger charge is -2.36. The highest BCUT2D eigenvalue weighted by molar-refractivity contribution is 5.89. The SMILES string of the molecule is CC(NC(=O)C1(OCc2ccccc2)CCOCC1)C(=O)O. The number of carboxylic acid groups (broad SMARTS) is 1. The van der Waals surface area contributed by atoms with E-state index in [0.717, 1.165) is 5.56 Å². The predicted molar refractivity (Wildman–Crippen MR) is 79.3 cm³/mol. The first kappa shape index (κ1) is 16.5. The third-order valence-corrected chi connectivity index (χ3v) is 3.79. The van der Waals surface area contributed by atoms with Gasteiger partial charge in [0.1, 0.15) is 6.04 Å². The molecule has 1 aromatic rings. The number of benzene rings is 1. The molecule has 0 aliphatic carbocycles. The number of amides is 1.